The van der Waals surface area contributed by atoms with Crippen LogP contribution in [0.3, 0.4) is 0 Å². The van der Waals surface area contributed by atoms with Crippen LogP contribution in [-0.4, -0.2) is 52.8 Å². The van der Waals surface area contributed by atoms with Gasteiger partial charge in [-0.25, -0.2) is 9.07 Å². The van der Waals surface area contributed by atoms with E-state index < -0.39 is 0 Å². The molecule has 0 aliphatic carbocycles. The van der Waals surface area contributed by atoms with E-state index in [1.165, 1.54) is 24.0 Å². The van der Waals surface area contributed by atoms with Gasteiger partial charge >= 0.3 is 0 Å². The van der Waals surface area contributed by atoms with Gasteiger partial charge in [0.25, 0.3) is 0 Å². The van der Waals surface area contributed by atoms with Crippen LogP contribution in [0.5, 0.6) is 0 Å². The van der Waals surface area contributed by atoms with Crippen LogP contribution in [-0.2, 0) is 13.0 Å². The molecule has 0 saturated carbocycles. The highest BCUT2D eigenvalue weighted by molar-refractivity contribution is 5.33. The molecular formula is C25H31FN4. The lowest BCUT2D eigenvalue weighted by molar-refractivity contribution is 0.153. The average molecular weight is 407 g/mol. The first-order valence-corrected chi connectivity index (χ1v) is 10.9. The third kappa shape index (κ3) is 5.77. The van der Waals surface area contributed by atoms with Crippen molar-refractivity contribution in [3.05, 3.63) is 83.9 Å². The van der Waals surface area contributed by atoms with Gasteiger partial charge < -0.3 is 9.80 Å². The molecule has 2 aromatic carbocycles. The van der Waals surface area contributed by atoms with Crippen LogP contribution < -0.4 is 0 Å². The van der Waals surface area contributed by atoms with E-state index in [1.54, 1.807) is 18.3 Å². The molecule has 1 aliphatic heterocycles. The number of rotatable bonds is 8. The largest absolute Gasteiger partial charge is 0.303 e. The molecule has 0 atom stereocenters. The molecule has 4 nitrogen and oxygen atoms in total. The molecule has 0 amide bonds. The quantitative estimate of drug-likeness (QED) is 0.554. The van der Waals surface area contributed by atoms with Crippen molar-refractivity contribution in [1.29, 1.82) is 0 Å². The summed E-state index contributed by atoms with van der Waals surface area (Å²) in [5.74, 6) is 0.609. The number of aromatic nitrogens is 2. The van der Waals surface area contributed by atoms with Gasteiger partial charge in [-0.15, -0.1) is 0 Å². The van der Waals surface area contributed by atoms with Gasteiger partial charge in [0.1, 0.15) is 5.82 Å². The Kier molecular flexibility index (Phi) is 6.92. The van der Waals surface area contributed by atoms with Gasteiger partial charge in [-0.1, -0.05) is 24.3 Å². The minimum Gasteiger partial charge on any atom is -0.303 e. The van der Waals surface area contributed by atoms with Gasteiger partial charge in [-0.05, 0) is 86.8 Å². The molecule has 30 heavy (non-hydrogen) atoms. The molecule has 1 saturated heterocycles. The maximum atomic E-state index is 13.0. The summed E-state index contributed by atoms with van der Waals surface area (Å²) in [7, 11) is 2.22. The highest BCUT2D eigenvalue weighted by Gasteiger charge is 2.20. The molecular weight excluding hydrogens is 375 g/mol. The van der Waals surface area contributed by atoms with Crippen LogP contribution in [0.15, 0.2) is 67.0 Å². The van der Waals surface area contributed by atoms with Gasteiger partial charge in [0.2, 0.25) is 0 Å². The number of halogens is 1. The van der Waals surface area contributed by atoms with Crippen LogP contribution >= 0.6 is 0 Å². The van der Waals surface area contributed by atoms with Gasteiger partial charge in [0, 0.05) is 32.0 Å². The van der Waals surface area contributed by atoms with Crippen molar-refractivity contribution in [2.24, 2.45) is 5.92 Å². The Balaban J connectivity index is 1.18. The van der Waals surface area contributed by atoms with Gasteiger partial charge in [-0.3, -0.25) is 0 Å². The lowest BCUT2D eigenvalue weighted by atomic mass is 9.95. The SMILES string of the molecule is CN(Cc1ccc(-n2cccn2)cc1)CC1CCN(CCc2ccc(F)cc2)CC1. The van der Waals surface area contributed by atoms with Crippen molar-refractivity contribution in [2.45, 2.75) is 25.8 Å². The fourth-order valence-electron chi connectivity index (χ4n) is 4.32. The van der Waals surface area contributed by atoms with Crippen molar-refractivity contribution in [1.82, 2.24) is 19.6 Å². The first-order chi connectivity index (χ1) is 14.7. The molecule has 3 aromatic rings. The van der Waals surface area contributed by atoms with Crippen molar-refractivity contribution in [3.63, 3.8) is 0 Å². The third-order valence-corrected chi connectivity index (χ3v) is 6.06. The Hall–Kier alpha value is -2.50. The first kappa shape index (κ1) is 20.8. The van der Waals surface area contributed by atoms with E-state index in [-0.39, 0.29) is 5.82 Å². The Morgan fingerprint density at radius 2 is 1.70 bits per heavy atom. The normalized spacial score (nSPS) is 15.7. The van der Waals surface area contributed by atoms with E-state index in [0.29, 0.717) is 0 Å². The summed E-state index contributed by atoms with van der Waals surface area (Å²) in [4.78, 5) is 5.00. The van der Waals surface area contributed by atoms with E-state index in [4.69, 9.17) is 0 Å². The van der Waals surface area contributed by atoms with E-state index in [9.17, 15) is 4.39 Å². The minimum atomic E-state index is -0.155. The molecule has 2 heterocycles. The number of hydrogen-bond acceptors (Lipinski definition) is 3. The molecule has 1 aromatic heterocycles. The van der Waals surface area contributed by atoms with Crippen molar-refractivity contribution < 1.29 is 4.39 Å². The van der Waals surface area contributed by atoms with Crippen LogP contribution in [0.2, 0.25) is 0 Å². The smallest absolute Gasteiger partial charge is 0.123 e. The second kappa shape index (κ2) is 10.0. The summed E-state index contributed by atoms with van der Waals surface area (Å²) in [6, 6.07) is 17.5. The fraction of sp³-hybridized carbons (Fsp3) is 0.400. The second-order valence-electron chi connectivity index (χ2n) is 8.48. The number of benzene rings is 2. The molecule has 0 N–H and O–H groups in total. The zero-order valence-corrected chi connectivity index (χ0v) is 17.8. The molecule has 158 valence electrons. The van der Waals surface area contributed by atoms with Crippen molar-refractivity contribution in [3.8, 4) is 5.69 Å². The summed E-state index contributed by atoms with van der Waals surface area (Å²) >= 11 is 0. The Labute approximate surface area is 178 Å². The number of likely N-dealkylation sites (tertiary alicyclic amines) is 1. The highest BCUT2D eigenvalue weighted by atomic mass is 19.1. The Morgan fingerprint density at radius 3 is 2.37 bits per heavy atom. The monoisotopic (exact) mass is 406 g/mol. The molecule has 0 radical (unpaired) electrons. The maximum absolute atomic E-state index is 13.0. The molecule has 0 unspecified atom stereocenters. The lowest BCUT2D eigenvalue weighted by Gasteiger charge is -2.34. The first-order valence-electron chi connectivity index (χ1n) is 10.9. The predicted octanol–water partition coefficient (Wildman–Crippen LogP) is 4.40. The van der Waals surface area contributed by atoms with Crippen LogP contribution in [0.1, 0.15) is 24.0 Å². The van der Waals surface area contributed by atoms with E-state index in [1.807, 2.05) is 29.1 Å². The van der Waals surface area contributed by atoms with Gasteiger partial charge in [0.15, 0.2) is 0 Å². The Morgan fingerprint density at radius 1 is 1.00 bits per heavy atom. The van der Waals surface area contributed by atoms with E-state index in [0.717, 1.165) is 50.7 Å². The molecule has 0 bridgehead atoms. The standard InChI is InChI=1S/C25H31FN4/c1-28(19-22-5-9-25(10-6-22)30-15-2-14-27-30)20-23-12-17-29(18-13-23)16-11-21-3-7-24(26)8-4-21/h2-10,14-15,23H,11-13,16-20H2,1H3. The van der Waals surface area contributed by atoms with Crippen LogP contribution in [0.25, 0.3) is 5.69 Å². The summed E-state index contributed by atoms with van der Waals surface area (Å²) in [5, 5.41) is 4.28. The summed E-state index contributed by atoms with van der Waals surface area (Å²) in [6.45, 7) is 5.52. The van der Waals surface area contributed by atoms with E-state index in [2.05, 4.69) is 46.2 Å². The molecule has 0 spiro atoms. The van der Waals surface area contributed by atoms with Crippen molar-refractivity contribution in [2.75, 3.05) is 33.2 Å². The molecule has 4 rings (SSSR count). The number of piperidine rings is 1. The molecule has 1 fully saturated rings. The Bertz CT molecular complexity index is 882. The van der Waals surface area contributed by atoms with Crippen LogP contribution in [0, 0.1) is 11.7 Å². The van der Waals surface area contributed by atoms with Crippen molar-refractivity contribution >= 4 is 0 Å². The van der Waals surface area contributed by atoms with Gasteiger partial charge in [-0.2, -0.15) is 5.10 Å². The topological polar surface area (TPSA) is 24.3 Å². The minimum absolute atomic E-state index is 0.155. The maximum Gasteiger partial charge on any atom is 0.123 e. The van der Waals surface area contributed by atoms with E-state index >= 15 is 0 Å². The number of hydrogen-bond donors (Lipinski definition) is 0. The second-order valence-corrected chi connectivity index (χ2v) is 8.48. The zero-order chi connectivity index (χ0) is 20.8. The summed E-state index contributed by atoms with van der Waals surface area (Å²) in [6.07, 6.45) is 7.28. The average Bonchev–Trinajstić information content (AvgIpc) is 3.30. The molecule has 1 aliphatic rings. The fourth-order valence-corrected chi connectivity index (χ4v) is 4.32. The lowest BCUT2D eigenvalue weighted by Crippen LogP contribution is -2.38. The summed E-state index contributed by atoms with van der Waals surface area (Å²) < 4.78 is 14.9. The predicted molar refractivity (Wildman–Crippen MR) is 119 cm³/mol. The highest BCUT2D eigenvalue weighted by Crippen LogP contribution is 2.20. The van der Waals surface area contributed by atoms with Gasteiger partial charge in [0.05, 0.1) is 5.69 Å². The third-order valence-electron chi connectivity index (χ3n) is 6.06. The number of nitrogens with zero attached hydrogens (tertiary/aromatic N) is 4. The molecule has 5 heteroatoms. The summed E-state index contributed by atoms with van der Waals surface area (Å²) in [5.41, 5.74) is 3.65. The zero-order valence-electron chi connectivity index (χ0n) is 17.8. The van der Waals surface area contributed by atoms with Crippen LogP contribution in [0.4, 0.5) is 4.39 Å².